The summed E-state index contributed by atoms with van der Waals surface area (Å²) in [7, 11) is 0. The van der Waals surface area contributed by atoms with E-state index in [-0.39, 0.29) is 42.9 Å². The fourth-order valence-electron chi connectivity index (χ4n) is 4.27. The number of carbonyl (C=O) groups excluding carboxylic acids is 2. The molecule has 30 heavy (non-hydrogen) atoms. The lowest BCUT2D eigenvalue weighted by molar-refractivity contribution is -0.142. The van der Waals surface area contributed by atoms with Crippen molar-refractivity contribution in [1.29, 1.82) is 0 Å². The maximum atomic E-state index is 12.6. The average Bonchev–Trinajstić information content (AvgIpc) is 3.01. The van der Waals surface area contributed by atoms with Crippen LogP contribution in [0.3, 0.4) is 0 Å². The standard InChI is InChI=1S/C25H27NO4/c1-17-11-13-19(14-12-17)23(18-7-3-2-4-8-18)30-16-20(27)15-26-24(28)21-9-5-6-10-22(21)25(26)29/h2-8,11-14,20-23,27H,9-10,15-16H2,1H3/t20-,21-,22-,23-/m1/s1. The van der Waals surface area contributed by atoms with Gasteiger partial charge in [-0.1, -0.05) is 72.3 Å². The highest BCUT2D eigenvalue weighted by Gasteiger charge is 2.47. The van der Waals surface area contributed by atoms with Crippen molar-refractivity contribution in [3.63, 3.8) is 0 Å². The Morgan fingerprint density at radius 2 is 1.50 bits per heavy atom. The molecule has 0 aromatic heterocycles. The first-order chi connectivity index (χ1) is 14.5. The molecule has 4 atom stereocenters. The van der Waals surface area contributed by atoms with Crippen LogP contribution < -0.4 is 0 Å². The van der Waals surface area contributed by atoms with Crippen LogP contribution in [-0.4, -0.2) is 41.1 Å². The van der Waals surface area contributed by atoms with Gasteiger partial charge < -0.3 is 9.84 Å². The number of benzene rings is 2. The van der Waals surface area contributed by atoms with E-state index in [0.717, 1.165) is 16.7 Å². The van der Waals surface area contributed by atoms with Gasteiger partial charge in [0.25, 0.3) is 0 Å². The molecule has 2 amide bonds. The number of hydrogen-bond donors (Lipinski definition) is 1. The Bertz CT molecular complexity index is 896. The van der Waals surface area contributed by atoms with Crippen LogP contribution in [0.4, 0.5) is 0 Å². The van der Waals surface area contributed by atoms with Gasteiger partial charge in [0, 0.05) is 0 Å². The van der Waals surface area contributed by atoms with Crippen LogP contribution in [0.2, 0.25) is 0 Å². The van der Waals surface area contributed by atoms with Crippen LogP contribution in [0, 0.1) is 18.8 Å². The fraction of sp³-hybridized carbons (Fsp3) is 0.360. The van der Waals surface area contributed by atoms with Crippen molar-refractivity contribution in [1.82, 2.24) is 4.90 Å². The number of carbonyl (C=O) groups is 2. The number of nitrogens with zero attached hydrogens (tertiary/aromatic N) is 1. The van der Waals surface area contributed by atoms with Gasteiger partial charge in [0.1, 0.15) is 6.10 Å². The Kier molecular flexibility index (Phi) is 6.11. The van der Waals surface area contributed by atoms with Gasteiger partial charge in [0.15, 0.2) is 0 Å². The van der Waals surface area contributed by atoms with Crippen LogP contribution in [0.5, 0.6) is 0 Å². The zero-order valence-electron chi connectivity index (χ0n) is 17.1. The van der Waals surface area contributed by atoms with Crippen molar-refractivity contribution in [2.45, 2.75) is 32.0 Å². The smallest absolute Gasteiger partial charge is 0.233 e. The molecule has 1 aliphatic heterocycles. The minimum absolute atomic E-state index is 0.0259. The number of fused-ring (bicyclic) bond motifs is 1. The highest BCUT2D eigenvalue weighted by molar-refractivity contribution is 6.05. The first-order valence-corrected chi connectivity index (χ1v) is 10.5. The predicted molar refractivity (Wildman–Crippen MR) is 113 cm³/mol. The Morgan fingerprint density at radius 3 is 2.10 bits per heavy atom. The molecule has 1 heterocycles. The monoisotopic (exact) mass is 405 g/mol. The Morgan fingerprint density at radius 1 is 0.933 bits per heavy atom. The van der Waals surface area contributed by atoms with E-state index < -0.39 is 6.10 Å². The highest BCUT2D eigenvalue weighted by atomic mass is 16.5. The topological polar surface area (TPSA) is 66.8 Å². The number of aliphatic hydroxyl groups excluding tert-OH is 1. The molecule has 0 spiro atoms. The van der Waals surface area contributed by atoms with Crippen molar-refractivity contribution >= 4 is 11.8 Å². The molecule has 0 bridgehead atoms. The summed E-state index contributed by atoms with van der Waals surface area (Å²) in [6.45, 7) is 2.03. The van der Waals surface area contributed by atoms with Crippen molar-refractivity contribution in [2.24, 2.45) is 11.8 Å². The van der Waals surface area contributed by atoms with E-state index in [9.17, 15) is 14.7 Å². The molecule has 5 nitrogen and oxygen atoms in total. The van der Waals surface area contributed by atoms with Gasteiger partial charge in [0.05, 0.1) is 31.1 Å². The van der Waals surface area contributed by atoms with E-state index in [1.807, 2.05) is 73.7 Å². The molecule has 0 radical (unpaired) electrons. The van der Waals surface area contributed by atoms with Gasteiger partial charge in [0.2, 0.25) is 11.8 Å². The SMILES string of the molecule is Cc1ccc([C@H](OC[C@H](O)CN2C(=O)[C@@H]3CC=CC[C@H]3C2=O)c2ccccc2)cc1. The number of hydrogen-bond acceptors (Lipinski definition) is 4. The molecule has 1 saturated heterocycles. The number of aliphatic hydroxyl groups is 1. The molecule has 5 heteroatoms. The van der Waals surface area contributed by atoms with Crippen molar-refractivity contribution in [3.8, 4) is 0 Å². The molecule has 1 fully saturated rings. The quantitative estimate of drug-likeness (QED) is 0.566. The lowest BCUT2D eigenvalue weighted by atomic mass is 9.85. The molecule has 1 N–H and O–H groups in total. The third kappa shape index (κ3) is 4.23. The summed E-state index contributed by atoms with van der Waals surface area (Å²) in [4.78, 5) is 26.5. The van der Waals surface area contributed by atoms with E-state index in [4.69, 9.17) is 4.74 Å². The summed E-state index contributed by atoms with van der Waals surface area (Å²) in [5.41, 5.74) is 3.14. The summed E-state index contributed by atoms with van der Waals surface area (Å²) in [5, 5.41) is 10.6. The molecule has 0 unspecified atom stereocenters. The molecule has 0 saturated carbocycles. The molecular formula is C25H27NO4. The number of β-amino-alcohol motifs (C(OH)–C–C–N with tert-alkyl or cyclic N) is 1. The zero-order chi connectivity index (χ0) is 21.1. The second-order valence-corrected chi connectivity index (χ2v) is 8.13. The maximum absolute atomic E-state index is 12.6. The number of ether oxygens (including phenoxy) is 1. The maximum Gasteiger partial charge on any atom is 0.233 e. The number of allylic oxidation sites excluding steroid dienone is 2. The molecule has 4 rings (SSSR count). The average molecular weight is 405 g/mol. The van der Waals surface area contributed by atoms with Crippen LogP contribution in [0.1, 0.15) is 35.6 Å². The largest absolute Gasteiger partial charge is 0.389 e. The molecule has 156 valence electrons. The summed E-state index contributed by atoms with van der Waals surface area (Å²) in [5.74, 6) is -0.904. The van der Waals surface area contributed by atoms with Crippen molar-refractivity contribution in [3.05, 3.63) is 83.4 Å². The van der Waals surface area contributed by atoms with E-state index in [1.165, 1.54) is 4.90 Å². The van der Waals surface area contributed by atoms with E-state index in [2.05, 4.69) is 0 Å². The highest BCUT2D eigenvalue weighted by Crippen LogP contribution is 2.35. The number of likely N-dealkylation sites (tertiary alicyclic amines) is 1. The first kappa shape index (κ1) is 20.5. The summed E-state index contributed by atoms with van der Waals surface area (Å²) >= 11 is 0. The normalized spacial score (nSPS) is 22.8. The molecule has 1 aliphatic carbocycles. The van der Waals surface area contributed by atoms with E-state index in [0.29, 0.717) is 12.8 Å². The zero-order valence-corrected chi connectivity index (χ0v) is 17.1. The lowest BCUT2D eigenvalue weighted by Crippen LogP contribution is -2.39. The number of rotatable bonds is 7. The number of aryl methyl sites for hydroxylation is 1. The van der Waals surface area contributed by atoms with Crippen molar-refractivity contribution < 1.29 is 19.4 Å². The van der Waals surface area contributed by atoms with Crippen molar-refractivity contribution in [2.75, 3.05) is 13.2 Å². The van der Waals surface area contributed by atoms with Gasteiger partial charge in [-0.15, -0.1) is 0 Å². The Hall–Kier alpha value is -2.76. The summed E-state index contributed by atoms with van der Waals surface area (Å²) in [6, 6.07) is 17.9. The number of amides is 2. The van der Waals surface area contributed by atoms with Gasteiger partial charge in [-0.05, 0) is 30.9 Å². The van der Waals surface area contributed by atoms with Crippen LogP contribution >= 0.6 is 0 Å². The third-order valence-electron chi connectivity index (χ3n) is 5.93. The summed E-state index contributed by atoms with van der Waals surface area (Å²) in [6.07, 6.45) is 3.84. The van der Waals surface area contributed by atoms with Crippen LogP contribution in [-0.2, 0) is 14.3 Å². The van der Waals surface area contributed by atoms with Crippen LogP contribution in [0.15, 0.2) is 66.7 Å². The third-order valence-corrected chi connectivity index (χ3v) is 5.93. The van der Waals surface area contributed by atoms with E-state index >= 15 is 0 Å². The Balaban J connectivity index is 1.43. The molecule has 2 aliphatic rings. The minimum atomic E-state index is -0.942. The molecule has 2 aromatic carbocycles. The van der Waals surface area contributed by atoms with E-state index in [1.54, 1.807) is 0 Å². The predicted octanol–water partition coefficient (Wildman–Crippen LogP) is 3.41. The van der Waals surface area contributed by atoms with Gasteiger partial charge >= 0.3 is 0 Å². The minimum Gasteiger partial charge on any atom is -0.389 e. The van der Waals surface area contributed by atoms with Gasteiger partial charge in [-0.25, -0.2) is 0 Å². The summed E-state index contributed by atoms with van der Waals surface area (Å²) < 4.78 is 6.10. The second-order valence-electron chi connectivity index (χ2n) is 8.13. The number of imide groups is 1. The molecular weight excluding hydrogens is 378 g/mol. The fourth-order valence-corrected chi connectivity index (χ4v) is 4.27. The first-order valence-electron chi connectivity index (χ1n) is 10.5. The lowest BCUT2D eigenvalue weighted by Gasteiger charge is -2.23. The van der Waals surface area contributed by atoms with Gasteiger partial charge in [-0.3, -0.25) is 14.5 Å². The van der Waals surface area contributed by atoms with Crippen LogP contribution in [0.25, 0.3) is 0 Å². The Labute approximate surface area is 177 Å². The van der Waals surface area contributed by atoms with Gasteiger partial charge in [-0.2, -0.15) is 0 Å². The molecule has 2 aromatic rings. The second kappa shape index (κ2) is 8.94.